The monoisotopic (exact) mass is 414 g/mol. The summed E-state index contributed by atoms with van der Waals surface area (Å²) in [4.78, 5) is 20.4. The average molecular weight is 415 g/mol. The number of sulfonamides is 1. The van der Waals surface area contributed by atoms with E-state index in [1.54, 1.807) is 23.1 Å². The molecule has 2 aliphatic heterocycles. The van der Waals surface area contributed by atoms with Crippen molar-refractivity contribution < 1.29 is 13.2 Å². The lowest BCUT2D eigenvalue weighted by Crippen LogP contribution is -2.44. The summed E-state index contributed by atoms with van der Waals surface area (Å²) in [6.45, 7) is 5.63. The third-order valence-corrected chi connectivity index (χ3v) is 7.17. The fourth-order valence-corrected chi connectivity index (χ4v) is 5.45. The summed E-state index contributed by atoms with van der Waals surface area (Å²) in [6.07, 6.45) is 2.15. The normalized spacial score (nSPS) is 17.4. The van der Waals surface area contributed by atoms with Crippen molar-refractivity contribution >= 4 is 27.4 Å². The Morgan fingerprint density at radius 3 is 2.59 bits per heavy atom. The van der Waals surface area contributed by atoms with Crippen LogP contribution in [0.5, 0.6) is 0 Å². The number of fused-ring (bicyclic) bond motifs is 1. The van der Waals surface area contributed by atoms with Gasteiger partial charge in [0.2, 0.25) is 15.9 Å². The molecule has 0 unspecified atom stereocenters. The molecule has 8 heteroatoms. The number of hydrogen-bond donors (Lipinski definition) is 1. The van der Waals surface area contributed by atoms with E-state index >= 15 is 0 Å². The molecule has 4 rings (SSSR count). The number of nitrogens with zero attached hydrogens (tertiary/aromatic N) is 3. The fraction of sp³-hybridized carbons (Fsp3) is 0.429. The zero-order chi connectivity index (χ0) is 20.6. The van der Waals surface area contributed by atoms with Crippen molar-refractivity contribution in [2.75, 3.05) is 29.4 Å². The molecule has 0 saturated carbocycles. The number of anilines is 2. The van der Waals surface area contributed by atoms with Gasteiger partial charge in [0.25, 0.3) is 0 Å². The number of carbonyl (C=O) groups excluding carboxylic acids is 1. The van der Waals surface area contributed by atoms with Crippen LogP contribution in [0.1, 0.15) is 31.0 Å². The Morgan fingerprint density at radius 2 is 1.90 bits per heavy atom. The molecular formula is C21H26N4O3S. The molecular weight excluding hydrogens is 388 g/mol. The zero-order valence-corrected chi connectivity index (χ0v) is 17.6. The van der Waals surface area contributed by atoms with E-state index in [-0.39, 0.29) is 16.8 Å². The zero-order valence-electron chi connectivity index (χ0n) is 16.8. The molecule has 0 aliphatic carbocycles. The maximum atomic E-state index is 12.9. The number of rotatable bonds is 4. The Bertz CT molecular complexity index is 1030. The summed E-state index contributed by atoms with van der Waals surface area (Å²) in [5, 5.41) is 0. The smallest absolute Gasteiger partial charge is 0.240 e. The van der Waals surface area contributed by atoms with Gasteiger partial charge < -0.3 is 9.80 Å². The Balaban J connectivity index is 1.42. The van der Waals surface area contributed by atoms with Crippen LogP contribution in [0.3, 0.4) is 0 Å². The van der Waals surface area contributed by atoms with Crippen LogP contribution in [0, 0.1) is 6.92 Å². The molecule has 154 valence electrons. The molecule has 3 heterocycles. The van der Waals surface area contributed by atoms with Crippen molar-refractivity contribution in [3.63, 3.8) is 0 Å². The number of benzene rings is 1. The Hall–Kier alpha value is -2.45. The molecule has 0 spiro atoms. The fourth-order valence-electron chi connectivity index (χ4n) is 4.09. The predicted molar refractivity (Wildman–Crippen MR) is 113 cm³/mol. The van der Waals surface area contributed by atoms with Crippen molar-refractivity contribution in [3.05, 3.63) is 47.7 Å². The maximum Gasteiger partial charge on any atom is 0.240 e. The lowest BCUT2D eigenvalue weighted by molar-refractivity contribution is -0.116. The molecule has 1 aromatic heterocycles. The quantitative estimate of drug-likeness (QED) is 0.830. The summed E-state index contributed by atoms with van der Waals surface area (Å²) < 4.78 is 28.7. The highest BCUT2D eigenvalue weighted by Crippen LogP contribution is 2.30. The number of piperidine rings is 1. The van der Waals surface area contributed by atoms with Crippen LogP contribution in [-0.2, 0) is 21.2 Å². The van der Waals surface area contributed by atoms with E-state index in [1.807, 2.05) is 25.1 Å². The number of nitrogens with one attached hydrogen (secondary N) is 1. The molecule has 1 N–H and O–H groups in total. The molecule has 2 aromatic rings. The number of aromatic nitrogens is 1. The summed E-state index contributed by atoms with van der Waals surface area (Å²) >= 11 is 0. The summed E-state index contributed by atoms with van der Waals surface area (Å²) in [6, 6.07) is 10.9. The van der Waals surface area contributed by atoms with Crippen LogP contribution in [0.25, 0.3) is 0 Å². The number of aryl methyl sites for hydroxylation is 1. The topological polar surface area (TPSA) is 82.6 Å². The van der Waals surface area contributed by atoms with Crippen molar-refractivity contribution in [2.24, 2.45) is 0 Å². The second-order valence-electron chi connectivity index (χ2n) is 7.73. The van der Waals surface area contributed by atoms with Crippen LogP contribution in [0.15, 0.2) is 41.3 Å². The summed E-state index contributed by atoms with van der Waals surface area (Å²) in [7, 11) is -3.60. The first kappa shape index (κ1) is 19.8. The summed E-state index contributed by atoms with van der Waals surface area (Å²) in [5.74, 6) is 0.923. The van der Waals surface area contributed by atoms with Crippen LogP contribution in [0.2, 0.25) is 0 Å². The molecule has 0 atom stereocenters. The van der Waals surface area contributed by atoms with E-state index in [0.717, 1.165) is 48.7 Å². The van der Waals surface area contributed by atoms with E-state index < -0.39 is 10.0 Å². The molecule has 0 radical (unpaired) electrons. The minimum absolute atomic E-state index is 0.0210. The minimum Gasteiger partial charge on any atom is -0.356 e. The van der Waals surface area contributed by atoms with Gasteiger partial charge in [0, 0.05) is 44.0 Å². The van der Waals surface area contributed by atoms with Gasteiger partial charge in [0.15, 0.2) is 0 Å². The van der Waals surface area contributed by atoms with Crippen LogP contribution >= 0.6 is 0 Å². The van der Waals surface area contributed by atoms with E-state index in [4.69, 9.17) is 0 Å². The van der Waals surface area contributed by atoms with Crippen molar-refractivity contribution in [1.82, 2.24) is 9.71 Å². The van der Waals surface area contributed by atoms with Crippen molar-refractivity contribution in [2.45, 2.75) is 44.0 Å². The summed E-state index contributed by atoms with van der Waals surface area (Å²) in [5.41, 5.74) is 2.70. The SMILES string of the molecule is CC(=O)N1CCc2cc(S(=O)(=O)NC3CCN(c4cccc(C)n4)CC3)ccc21. The lowest BCUT2D eigenvalue weighted by atomic mass is 10.1. The maximum absolute atomic E-state index is 12.9. The molecule has 1 fully saturated rings. The molecule has 1 aromatic carbocycles. The number of pyridine rings is 1. The highest BCUT2D eigenvalue weighted by atomic mass is 32.2. The van der Waals surface area contributed by atoms with Gasteiger partial charge >= 0.3 is 0 Å². The van der Waals surface area contributed by atoms with Gasteiger partial charge in [-0.05, 0) is 62.1 Å². The number of hydrogen-bond acceptors (Lipinski definition) is 5. The van der Waals surface area contributed by atoms with Crippen molar-refractivity contribution in [3.8, 4) is 0 Å². The first-order valence-electron chi connectivity index (χ1n) is 9.95. The second-order valence-corrected chi connectivity index (χ2v) is 9.44. The van der Waals surface area contributed by atoms with E-state index in [1.165, 1.54) is 6.92 Å². The third-order valence-electron chi connectivity index (χ3n) is 5.65. The highest BCUT2D eigenvalue weighted by Gasteiger charge is 2.28. The first-order valence-corrected chi connectivity index (χ1v) is 11.4. The minimum atomic E-state index is -3.60. The molecule has 29 heavy (non-hydrogen) atoms. The van der Waals surface area contributed by atoms with E-state index in [9.17, 15) is 13.2 Å². The van der Waals surface area contributed by atoms with Gasteiger partial charge in [-0.15, -0.1) is 0 Å². The Labute approximate surface area is 171 Å². The highest BCUT2D eigenvalue weighted by molar-refractivity contribution is 7.89. The first-order chi connectivity index (χ1) is 13.8. The lowest BCUT2D eigenvalue weighted by Gasteiger charge is -2.33. The predicted octanol–water partition coefficient (Wildman–Crippen LogP) is 2.25. The standard InChI is InChI=1S/C21H26N4O3S/c1-15-4-3-5-21(22-15)24-11-9-18(10-12-24)23-29(27,28)19-6-7-20-17(14-19)8-13-25(20)16(2)26/h3-7,14,18,23H,8-13H2,1-2H3. The van der Waals surface area contributed by atoms with E-state index in [0.29, 0.717) is 13.0 Å². The van der Waals surface area contributed by atoms with Crippen molar-refractivity contribution in [1.29, 1.82) is 0 Å². The number of amides is 1. The van der Waals surface area contributed by atoms with Gasteiger partial charge in [0.05, 0.1) is 4.90 Å². The largest absolute Gasteiger partial charge is 0.356 e. The van der Waals surface area contributed by atoms with Gasteiger partial charge in [-0.3, -0.25) is 4.79 Å². The van der Waals surface area contributed by atoms with E-state index in [2.05, 4.69) is 14.6 Å². The number of carbonyl (C=O) groups is 1. The second kappa shape index (κ2) is 7.76. The van der Waals surface area contributed by atoms with Crippen LogP contribution < -0.4 is 14.5 Å². The molecule has 1 saturated heterocycles. The van der Waals surface area contributed by atoms with Crippen LogP contribution in [0.4, 0.5) is 11.5 Å². The Morgan fingerprint density at radius 1 is 1.14 bits per heavy atom. The van der Waals surface area contributed by atoms with Crippen LogP contribution in [-0.4, -0.2) is 45.0 Å². The Kier molecular flexibility index (Phi) is 5.31. The third kappa shape index (κ3) is 4.13. The molecule has 1 amide bonds. The van der Waals surface area contributed by atoms with Gasteiger partial charge in [-0.1, -0.05) is 6.07 Å². The van der Waals surface area contributed by atoms with Gasteiger partial charge in [0.1, 0.15) is 5.82 Å². The average Bonchev–Trinajstić information content (AvgIpc) is 3.12. The molecule has 2 aliphatic rings. The molecule has 0 bridgehead atoms. The van der Waals surface area contributed by atoms with Gasteiger partial charge in [-0.25, -0.2) is 18.1 Å². The van der Waals surface area contributed by atoms with Gasteiger partial charge in [-0.2, -0.15) is 0 Å². The molecule has 7 nitrogen and oxygen atoms in total.